The fraction of sp³-hybridized carbons (Fsp3) is 0.273. The number of benzene rings is 1. The molecule has 1 rings (SSSR count). The zero-order valence-electron chi connectivity index (χ0n) is 10.4. The number of sulfonamides is 1. The summed E-state index contributed by atoms with van der Waals surface area (Å²) >= 11 is 3.09. The smallest absolute Gasteiger partial charge is 0.289 e. The second-order valence-corrected chi connectivity index (χ2v) is 6.31. The minimum atomic E-state index is -3.95. The Morgan fingerprint density at radius 2 is 2.20 bits per heavy atom. The molecule has 0 fully saturated rings. The lowest BCUT2D eigenvalue weighted by atomic mass is 10.3. The molecule has 0 atom stereocenters. The highest BCUT2D eigenvalue weighted by atomic mass is 79.9. The first kappa shape index (κ1) is 16.6. The van der Waals surface area contributed by atoms with Crippen LogP contribution in [-0.2, 0) is 14.8 Å². The van der Waals surface area contributed by atoms with Gasteiger partial charge >= 0.3 is 0 Å². The maximum absolute atomic E-state index is 12.0. The molecular weight excluding hydrogens is 352 g/mol. The van der Waals surface area contributed by atoms with Crippen LogP contribution in [0.3, 0.4) is 0 Å². The predicted molar refractivity (Wildman–Crippen MR) is 76.8 cm³/mol. The van der Waals surface area contributed by atoms with E-state index in [2.05, 4.69) is 27.2 Å². The maximum atomic E-state index is 12.0. The van der Waals surface area contributed by atoms with Gasteiger partial charge in [-0.3, -0.25) is 10.1 Å². The second-order valence-electron chi connectivity index (χ2n) is 3.66. The summed E-state index contributed by atoms with van der Waals surface area (Å²) in [6.07, 6.45) is 1.68. The lowest BCUT2D eigenvalue weighted by Crippen LogP contribution is -2.26. The van der Waals surface area contributed by atoms with Crippen molar-refractivity contribution in [3.63, 3.8) is 0 Å². The number of nitro groups is 1. The summed E-state index contributed by atoms with van der Waals surface area (Å²) in [6.45, 7) is 3.78. The molecule has 20 heavy (non-hydrogen) atoms. The Morgan fingerprint density at radius 3 is 2.80 bits per heavy atom. The van der Waals surface area contributed by atoms with E-state index in [-0.39, 0.29) is 11.4 Å². The molecule has 0 aliphatic heterocycles. The van der Waals surface area contributed by atoms with Gasteiger partial charge in [0.25, 0.3) is 5.69 Å². The Hall–Kier alpha value is -1.45. The van der Waals surface area contributed by atoms with Gasteiger partial charge in [0.05, 0.1) is 17.8 Å². The standard InChI is InChI=1S/C11H13BrN2O5S/c1-2-19-7-3-6-13-20(17,18)11-8-9(12)4-5-10(11)14(15)16/h2,4-5,8,13H,1,3,6-7H2. The van der Waals surface area contributed by atoms with Gasteiger partial charge in [-0.2, -0.15) is 0 Å². The highest BCUT2D eigenvalue weighted by Gasteiger charge is 2.25. The van der Waals surface area contributed by atoms with E-state index in [0.29, 0.717) is 17.5 Å². The Morgan fingerprint density at radius 1 is 1.50 bits per heavy atom. The van der Waals surface area contributed by atoms with E-state index >= 15 is 0 Å². The number of hydrogen-bond donors (Lipinski definition) is 1. The first-order valence-electron chi connectivity index (χ1n) is 5.54. The van der Waals surface area contributed by atoms with Crippen LogP contribution in [0.5, 0.6) is 0 Å². The van der Waals surface area contributed by atoms with Gasteiger partial charge in [-0.25, -0.2) is 13.1 Å². The van der Waals surface area contributed by atoms with Crippen molar-refractivity contribution in [2.45, 2.75) is 11.3 Å². The third-order valence-corrected chi connectivity index (χ3v) is 4.24. The molecule has 9 heteroatoms. The largest absolute Gasteiger partial charge is 0.502 e. The van der Waals surface area contributed by atoms with E-state index in [9.17, 15) is 18.5 Å². The quantitative estimate of drug-likeness (QED) is 0.330. The van der Waals surface area contributed by atoms with Crippen molar-refractivity contribution in [2.75, 3.05) is 13.2 Å². The number of nitro benzene ring substituents is 1. The van der Waals surface area contributed by atoms with Crippen LogP contribution in [-0.4, -0.2) is 26.5 Å². The van der Waals surface area contributed by atoms with E-state index in [0.717, 1.165) is 6.07 Å². The van der Waals surface area contributed by atoms with Gasteiger partial charge in [0.1, 0.15) is 0 Å². The zero-order valence-corrected chi connectivity index (χ0v) is 12.8. The van der Waals surface area contributed by atoms with E-state index in [1.807, 2.05) is 0 Å². The van der Waals surface area contributed by atoms with Crippen LogP contribution in [0.4, 0.5) is 5.69 Å². The predicted octanol–water partition coefficient (Wildman–Crippen LogP) is 2.19. The Bertz CT molecular complexity index is 603. The fourth-order valence-electron chi connectivity index (χ4n) is 1.38. The summed E-state index contributed by atoms with van der Waals surface area (Å²) in [7, 11) is -3.95. The lowest BCUT2D eigenvalue weighted by Gasteiger charge is -2.07. The number of hydrogen-bond acceptors (Lipinski definition) is 5. The summed E-state index contributed by atoms with van der Waals surface area (Å²) in [6, 6.07) is 3.75. The van der Waals surface area contributed by atoms with Crippen molar-refractivity contribution in [3.05, 3.63) is 45.6 Å². The fourth-order valence-corrected chi connectivity index (χ4v) is 3.16. The number of rotatable bonds is 8. The molecule has 0 aliphatic carbocycles. The van der Waals surface area contributed by atoms with Gasteiger partial charge in [-0.1, -0.05) is 22.5 Å². The topological polar surface area (TPSA) is 98.5 Å². The van der Waals surface area contributed by atoms with Gasteiger partial charge < -0.3 is 4.74 Å². The Kier molecular flexibility index (Phi) is 6.11. The van der Waals surface area contributed by atoms with Crippen LogP contribution in [0.1, 0.15) is 6.42 Å². The average molecular weight is 365 g/mol. The molecule has 0 spiro atoms. The maximum Gasteiger partial charge on any atom is 0.289 e. The van der Waals surface area contributed by atoms with Crippen LogP contribution in [0.15, 0.2) is 40.4 Å². The number of ether oxygens (including phenoxy) is 1. The van der Waals surface area contributed by atoms with Gasteiger partial charge in [0, 0.05) is 17.1 Å². The molecular formula is C11H13BrN2O5S. The van der Waals surface area contributed by atoms with Crippen molar-refractivity contribution in [1.82, 2.24) is 4.72 Å². The van der Waals surface area contributed by atoms with Crippen LogP contribution in [0, 0.1) is 10.1 Å². The molecule has 0 bridgehead atoms. The molecule has 1 aromatic rings. The van der Waals surface area contributed by atoms with Crippen LogP contribution in [0.2, 0.25) is 0 Å². The van der Waals surface area contributed by atoms with Gasteiger partial charge in [-0.15, -0.1) is 0 Å². The van der Waals surface area contributed by atoms with E-state index < -0.39 is 20.6 Å². The summed E-state index contributed by atoms with van der Waals surface area (Å²) in [5, 5.41) is 10.9. The van der Waals surface area contributed by atoms with Crippen molar-refractivity contribution in [2.24, 2.45) is 0 Å². The van der Waals surface area contributed by atoms with Crippen molar-refractivity contribution in [3.8, 4) is 0 Å². The third kappa shape index (κ3) is 4.58. The SMILES string of the molecule is C=COCCCNS(=O)(=O)c1cc(Br)ccc1[N+](=O)[O-]. The van der Waals surface area contributed by atoms with Gasteiger partial charge in [-0.05, 0) is 18.6 Å². The van der Waals surface area contributed by atoms with Crippen molar-refractivity contribution < 1.29 is 18.1 Å². The molecule has 1 aromatic carbocycles. The molecule has 0 aromatic heterocycles. The molecule has 0 aliphatic rings. The van der Waals surface area contributed by atoms with E-state index in [1.165, 1.54) is 18.4 Å². The number of halogens is 1. The number of nitrogens with one attached hydrogen (secondary N) is 1. The van der Waals surface area contributed by atoms with Gasteiger partial charge in [0.2, 0.25) is 10.0 Å². The van der Waals surface area contributed by atoms with Gasteiger partial charge in [0.15, 0.2) is 4.90 Å². The minimum absolute atomic E-state index is 0.111. The van der Waals surface area contributed by atoms with Crippen molar-refractivity contribution >= 4 is 31.6 Å². The first-order chi connectivity index (χ1) is 9.38. The normalized spacial score (nSPS) is 11.1. The van der Waals surface area contributed by atoms with Crippen molar-refractivity contribution in [1.29, 1.82) is 0 Å². The minimum Gasteiger partial charge on any atom is -0.502 e. The van der Waals surface area contributed by atoms with E-state index in [4.69, 9.17) is 4.74 Å². The Labute approximate surface area is 125 Å². The molecule has 0 saturated carbocycles. The summed E-state index contributed by atoms with van der Waals surface area (Å²) in [5.74, 6) is 0. The highest BCUT2D eigenvalue weighted by molar-refractivity contribution is 9.10. The van der Waals surface area contributed by atoms with Crippen LogP contribution < -0.4 is 4.72 Å². The molecule has 0 saturated heterocycles. The Balaban J connectivity index is 2.89. The monoisotopic (exact) mass is 364 g/mol. The summed E-state index contributed by atoms with van der Waals surface area (Å²) in [4.78, 5) is 9.75. The lowest BCUT2D eigenvalue weighted by molar-refractivity contribution is -0.387. The molecule has 7 nitrogen and oxygen atoms in total. The third-order valence-electron chi connectivity index (χ3n) is 2.26. The molecule has 0 unspecified atom stereocenters. The molecule has 0 amide bonds. The molecule has 0 heterocycles. The first-order valence-corrected chi connectivity index (χ1v) is 7.82. The second kappa shape index (κ2) is 7.36. The van der Waals surface area contributed by atoms with Crippen LogP contribution >= 0.6 is 15.9 Å². The molecule has 1 N–H and O–H groups in total. The molecule has 0 radical (unpaired) electrons. The summed E-state index contributed by atoms with van der Waals surface area (Å²) in [5.41, 5.74) is -0.469. The zero-order chi connectivity index (χ0) is 15.2. The molecule has 110 valence electrons. The average Bonchev–Trinajstić information content (AvgIpc) is 2.38. The highest BCUT2D eigenvalue weighted by Crippen LogP contribution is 2.26. The number of nitrogens with zero attached hydrogens (tertiary/aromatic N) is 1. The van der Waals surface area contributed by atoms with Crippen LogP contribution in [0.25, 0.3) is 0 Å². The van der Waals surface area contributed by atoms with E-state index in [1.54, 1.807) is 0 Å². The summed E-state index contributed by atoms with van der Waals surface area (Å²) < 4.78 is 31.7.